The molecule has 0 unspecified atom stereocenters. The van der Waals surface area contributed by atoms with Crippen molar-refractivity contribution in [2.45, 2.75) is 20.0 Å². The molecule has 1 aromatic rings. The summed E-state index contributed by atoms with van der Waals surface area (Å²) in [4.78, 5) is 12.0. The second-order valence-electron chi connectivity index (χ2n) is 4.61. The monoisotopic (exact) mass is 330 g/mol. The van der Waals surface area contributed by atoms with Gasteiger partial charge in [0.05, 0.1) is 38.5 Å². The van der Waals surface area contributed by atoms with E-state index in [1.54, 1.807) is 44.2 Å². The highest BCUT2D eigenvalue weighted by molar-refractivity contribution is 7.53. The van der Waals surface area contributed by atoms with Crippen molar-refractivity contribution in [1.29, 1.82) is 0 Å². The lowest BCUT2D eigenvalue weighted by Crippen LogP contribution is -2.28. The highest BCUT2D eigenvalue weighted by atomic mass is 31.2. The lowest BCUT2D eigenvalue weighted by molar-refractivity contribution is -0.148. The quantitative estimate of drug-likeness (QED) is 0.554. The van der Waals surface area contributed by atoms with Crippen molar-refractivity contribution in [2.75, 3.05) is 26.5 Å². The molecule has 22 heavy (non-hydrogen) atoms. The molecular formula is C15H23O6P. The van der Waals surface area contributed by atoms with Gasteiger partial charge in [0.2, 0.25) is 0 Å². The van der Waals surface area contributed by atoms with Crippen LogP contribution in [0, 0.1) is 5.92 Å². The molecule has 0 aliphatic carbocycles. The molecule has 1 aromatic carbocycles. The van der Waals surface area contributed by atoms with Crippen LogP contribution < -0.4 is 0 Å². The third-order valence-corrected chi connectivity index (χ3v) is 5.24. The molecule has 0 aromatic heterocycles. The average Bonchev–Trinajstić information content (AvgIpc) is 2.52. The number of hydrogen-bond donors (Lipinski definition) is 1. The molecule has 0 aliphatic heterocycles. The fraction of sp³-hybridized carbons (Fsp3) is 0.533. The Labute approximate surface area is 130 Å². The van der Waals surface area contributed by atoms with Crippen molar-refractivity contribution in [3.05, 3.63) is 35.9 Å². The van der Waals surface area contributed by atoms with Crippen LogP contribution in [0.3, 0.4) is 0 Å². The fourth-order valence-corrected chi connectivity index (χ4v) is 4.02. The third kappa shape index (κ3) is 5.21. The van der Waals surface area contributed by atoms with Crippen LogP contribution in [0.15, 0.2) is 30.3 Å². The van der Waals surface area contributed by atoms with Crippen LogP contribution in [-0.2, 0) is 23.1 Å². The highest BCUT2D eigenvalue weighted by Crippen LogP contribution is 2.51. The van der Waals surface area contributed by atoms with Crippen LogP contribution >= 0.6 is 7.60 Å². The summed E-state index contributed by atoms with van der Waals surface area (Å²) in [7, 11) is -2.26. The maximum atomic E-state index is 12.6. The Kier molecular flexibility index (Phi) is 7.76. The Morgan fingerprint density at radius 2 is 1.73 bits per heavy atom. The predicted octanol–water partition coefficient (Wildman–Crippen LogP) is 2.78. The van der Waals surface area contributed by atoms with Gasteiger partial charge in [0.1, 0.15) is 0 Å². The normalized spacial score (nSPS) is 14.4. The summed E-state index contributed by atoms with van der Waals surface area (Å²) in [5.41, 5.74) is 0.539. The standard InChI is InChI=1S/C15H23O6P/c1-4-20-22(18,21-5-2)11-13(15(17)19-3)14(16)12-9-7-6-8-10-12/h6-10,13-14,16H,4-5,11H2,1-3H3/t13-,14+/m0/s1. The van der Waals surface area contributed by atoms with Crippen LogP contribution in [0.2, 0.25) is 0 Å². The van der Waals surface area contributed by atoms with E-state index in [2.05, 4.69) is 0 Å². The van der Waals surface area contributed by atoms with Gasteiger partial charge in [0.15, 0.2) is 0 Å². The van der Waals surface area contributed by atoms with Crippen molar-refractivity contribution >= 4 is 13.6 Å². The summed E-state index contributed by atoms with van der Waals surface area (Å²) < 4.78 is 27.7. The molecule has 0 spiro atoms. The van der Waals surface area contributed by atoms with Crippen molar-refractivity contribution in [1.82, 2.24) is 0 Å². The van der Waals surface area contributed by atoms with Gasteiger partial charge in [-0.2, -0.15) is 0 Å². The molecule has 0 radical (unpaired) electrons. The van der Waals surface area contributed by atoms with Crippen molar-refractivity contribution in [3.63, 3.8) is 0 Å². The average molecular weight is 330 g/mol. The summed E-state index contributed by atoms with van der Waals surface area (Å²) in [6.45, 7) is 3.75. The van der Waals surface area contributed by atoms with Gasteiger partial charge in [-0.15, -0.1) is 0 Å². The number of carbonyl (C=O) groups is 1. The molecule has 0 amide bonds. The number of rotatable bonds is 9. The number of ether oxygens (including phenoxy) is 1. The maximum Gasteiger partial charge on any atom is 0.331 e. The van der Waals surface area contributed by atoms with Crippen molar-refractivity contribution in [2.24, 2.45) is 5.92 Å². The summed E-state index contributed by atoms with van der Waals surface area (Å²) in [5.74, 6) is -1.69. The number of benzene rings is 1. The van der Waals surface area contributed by atoms with E-state index >= 15 is 0 Å². The van der Waals surface area contributed by atoms with Gasteiger partial charge >= 0.3 is 13.6 Å². The number of esters is 1. The number of methoxy groups -OCH3 is 1. The summed E-state index contributed by atoms with van der Waals surface area (Å²) in [5, 5.41) is 10.4. The molecule has 124 valence electrons. The molecule has 7 heteroatoms. The van der Waals surface area contributed by atoms with E-state index in [-0.39, 0.29) is 19.4 Å². The largest absolute Gasteiger partial charge is 0.469 e. The van der Waals surface area contributed by atoms with Crippen molar-refractivity contribution in [3.8, 4) is 0 Å². The first kappa shape index (κ1) is 18.8. The first-order valence-electron chi connectivity index (χ1n) is 7.16. The number of hydrogen-bond acceptors (Lipinski definition) is 6. The smallest absolute Gasteiger partial charge is 0.331 e. The van der Waals surface area contributed by atoms with Gasteiger partial charge in [-0.3, -0.25) is 9.36 Å². The van der Waals surface area contributed by atoms with Gasteiger partial charge in [-0.05, 0) is 19.4 Å². The Morgan fingerprint density at radius 3 is 2.18 bits per heavy atom. The minimum absolute atomic E-state index is 0.187. The van der Waals surface area contributed by atoms with E-state index in [1.165, 1.54) is 7.11 Å². The SMILES string of the molecule is CCOP(=O)(C[C@H](C(=O)OC)[C@H](O)c1ccccc1)OCC. The van der Waals surface area contributed by atoms with Crippen LogP contribution in [0.25, 0.3) is 0 Å². The predicted molar refractivity (Wildman–Crippen MR) is 82.6 cm³/mol. The zero-order valence-corrected chi connectivity index (χ0v) is 14.0. The van der Waals surface area contributed by atoms with E-state index in [0.29, 0.717) is 5.56 Å². The number of carbonyl (C=O) groups excluding carboxylic acids is 1. The Balaban J connectivity index is 3.02. The molecule has 6 nitrogen and oxygen atoms in total. The summed E-state index contributed by atoms with van der Waals surface area (Å²) in [6.07, 6.45) is -1.39. The van der Waals surface area contributed by atoms with E-state index in [4.69, 9.17) is 13.8 Å². The maximum absolute atomic E-state index is 12.6. The lowest BCUT2D eigenvalue weighted by atomic mass is 9.97. The summed E-state index contributed by atoms with van der Waals surface area (Å²) >= 11 is 0. The molecule has 2 atom stereocenters. The molecule has 0 saturated carbocycles. The summed E-state index contributed by atoms with van der Waals surface area (Å²) in [6, 6.07) is 8.67. The first-order chi connectivity index (χ1) is 10.5. The molecule has 1 N–H and O–H groups in total. The Bertz CT molecular complexity index is 494. The Morgan fingerprint density at radius 1 is 1.18 bits per heavy atom. The second kappa shape index (κ2) is 9.06. The molecular weight excluding hydrogens is 307 g/mol. The first-order valence-corrected chi connectivity index (χ1v) is 8.89. The topological polar surface area (TPSA) is 82.1 Å². The van der Waals surface area contributed by atoms with Crippen LogP contribution in [-0.4, -0.2) is 37.6 Å². The van der Waals surface area contributed by atoms with E-state index in [9.17, 15) is 14.5 Å². The molecule has 0 heterocycles. The van der Waals surface area contributed by atoms with Gasteiger partial charge in [0, 0.05) is 0 Å². The molecule has 1 rings (SSSR count). The lowest BCUT2D eigenvalue weighted by Gasteiger charge is -2.25. The van der Waals surface area contributed by atoms with Gasteiger partial charge in [-0.25, -0.2) is 0 Å². The van der Waals surface area contributed by atoms with Gasteiger partial charge in [-0.1, -0.05) is 30.3 Å². The van der Waals surface area contributed by atoms with Gasteiger partial charge < -0.3 is 18.9 Å². The zero-order chi connectivity index (χ0) is 16.6. The van der Waals surface area contributed by atoms with Crippen LogP contribution in [0.4, 0.5) is 0 Å². The van der Waals surface area contributed by atoms with E-state index in [1.807, 2.05) is 0 Å². The fourth-order valence-electron chi connectivity index (χ4n) is 2.11. The zero-order valence-electron chi connectivity index (χ0n) is 13.1. The minimum Gasteiger partial charge on any atom is -0.469 e. The second-order valence-corrected chi connectivity index (χ2v) is 6.72. The number of aliphatic hydroxyl groups excluding tert-OH is 1. The van der Waals surface area contributed by atoms with Crippen LogP contribution in [0.1, 0.15) is 25.5 Å². The molecule has 0 bridgehead atoms. The third-order valence-electron chi connectivity index (χ3n) is 3.10. The van der Waals surface area contributed by atoms with E-state index < -0.39 is 25.6 Å². The molecule has 0 aliphatic rings. The highest BCUT2D eigenvalue weighted by Gasteiger charge is 2.38. The van der Waals surface area contributed by atoms with Crippen LogP contribution in [0.5, 0.6) is 0 Å². The molecule has 0 saturated heterocycles. The van der Waals surface area contributed by atoms with Gasteiger partial charge in [0.25, 0.3) is 0 Å². The Hall–Kier alpha value is -1.20. The molecule has 0 fully saturated rings. The van der Waals surface area contributed by atoms with E-state index in [0.717, 1.165) is 0 Å². The van der Waals surface area contributed by atoms with Crippen molar-refractivity contribution < 1.29 is 28.3 Å². The number of aliphatic hydroxyl groups is 1. The minimum atomic E-state index is -3.48.